The molecular formula is C15H19NO. The summed E-state index contributed by atoms with van der Waals surface area (Å²) in [6.45, 7) is 3.51. The SMILES string of the molecule is CCCCOc1ccc(CN)c2ccccc12. The Labute approximate surface area is 102 Å². The van der Waals surface area contributed by atoms with Gasteiger partial charge in [-0.1, -0.05) is 43.7 Å². The van der Waals surface area contributed by atoms with Crippen molar-refractivity contribution >= 4 is 10.8 Å². The van der Waals surface area contributed by atoms with Gasteiger partial charge in [0.15, 0.2) is 0 Å². The van der Waals surface area contributed by atoms with Crippen molar-refractivity contribution in [3.05, 3.63) is 42.0 Å². The van der Waals surface area contributed by atoms with Gasteiger partial charge in [0.1, 0.15) is 5.75 Å². The highest BCUT2D eigenvalue weighted by Crippen LogP contribution is 2.28. The monoisotopic (exact) mass is 229 g/mol. The largest absolute Gasteiger partial charge is 0.493 e. The lowest BCUT2D eigenvalue weighted by atomic mass is 10.0. The molecule has 2 aromatic carbocycles. The molecule has 0 unspecified atom stereocenters. The Balaban J connectivity index is 2.37. The highest BCUT2D eigenvalue weighted by molar-refractivity contribution is 5.91. The predicted octanol–water partition coefficient (Wildman–Crippen LogP) is 3.48. The van der Waals surface area contributed by atoms with Gasteiger partial charge >= 0.3 is 0 Å². The fraction of sp³-hybridized carbons (Fsp3) is 0.333. The summed E-state index contributed by atoms with van der Waals surface area (Å²) in [4.78, 5) is 0. The van der Waals surface area contributed by atoms with Crippen molar-refractivity contribution in [1.82, 2.24) is 0 Å². The molecule has 0 amide bonds. The number of rotatable bonds is 5. The maximum absolute atomic E-state index is 5.82. The van der Waals surface area contributed by atoms with E-state index < -0.39 is 0 Å². The minimum Gasteiger partial charge on any atom is -0.493 e. The lowest BCUT2D eigenvalue weighted by Gasteiger charge is -2.11. The van der Waals surface area contributed by atoms with Gasteiger partial charge in [-0.15, -0.1) is 0 Å². The summed E-state index contributed by atoms with van der Waals surface area (Å²) in [6.07, 6.45) is 2.24. The Morgan fingerprint density at radius 3 is 2.53 bits per heavy atom. The van der Waals surface area contributed by atoms with Crippen LogP contribution < -0.4 is 10.5 Å². The van der Waals surface area contributed by atoms with Crippen LogP contribution in [-0.4, -0.2) is 6.61 Å². The van der Waals surface area contributed by atoms with Crippen molar-refractivity contribution < 1.29 is 4.74 Å². The quantitative estimate of drug-likeness (QED) is 0.797. The molecule has 0 spiro atoms. The van der Waals surface area contributed by atoms with Gasteiger partial charge in [0.2, 0.25) is 0 Å². The van der Waals surface area contributed by atoms with E-state index in [1.807, 2.05) is 18.2 Å². The number of fused-ring (bicyclic) bond motifs is 1. The van der Waals surface area contributed by atoms with Gasteiger partial charge in [-0.05, 0) is 23.4 Å². The van der Waals surface area contributed by atoms with Crippen molar-refractivity contribution in [2.45, 2.75) is 26.3 Å². The Kier molecular flexibility index (Phi) is 3.99. The molecule has 0 aromatic heterocycles. The number of hydrogen-bond acceptors (Lipinski definition) is 2. The molecule has 0 saturated heterocycles. The topological polar surface area (TPSA) is 35.2 Å². The molecule has 0 atom stereocenters. The van der Waals surface area contributed by atoms with Gasteiger partial charge in [0.05, 0.1) is 6.61 Å². The Bertz CT molecular complexity index is 493. The van der Waals surface area contributed by atoms with Crippen LogP contribution in [0.4, 0.5) is 0 Å². The van der Waals surface area contributed by atoms with Crippen LogP contribution in [0.15, 0.2) is 36.4 Å². The maximum Gasteiger partial charge on any atom is 0.127 e. The first-order valence-corrected chi connectivity index (χ1v) is 6.20. The zero-order valence-electron chi connectivity index (χ0n) is 10.3. The van der Waals surface area contributed by atoms with E-state index in [0.29, 0.717) is 6.54 Å². The standard InChI is InChI=1S/C15H19NO/c1-2-3-10-17-15-9-8-12(11-16)13-6-4-5-7-14(13)15/h4-9H,2-3,10-11,16H2,1H3. The van der Waals surface area contributed by atoms with Gasteiger partial charge in [0, 0.05) is 11.9 Å². The van der Waals surface area contributed by atoms with Gasteiger partial charge < -0.3 is 10.5 Å². The summed E-state index contributed by atoms with van der Waals surface area (Å²) in [6, 6.07) is 12.4. The van der Waals surface area contributed by atoms with Crippen LogP contribution in [0.1, 0.15) is 25.3 Å². The summed E-state index contributed by atoms with van der Waals surface area (Å²) in [5.41, 5.74) is 6.92. The van der Waals surface area contributed by atoms with E-state index in [-0.39, 0.29) is 0 Å². The van der Waals surface area contributed by atoms with Crippen LogP contribution in [0.25, 0.3) is 10.8 Å². The lowest BCUT2D eigenvalue weighted by molar-refractivity contribution is 0.313. The molecule has 0 radical (unpaired) electrons. The van der Waals surface area contributed by atoms with Crippen molar-refractivity contribution in [1.29, 1.82) is 0 Å². The van der Waals surface area contributed by atoms with Crippen molar-refractivity contribution in [3.63, 3.8) is 0 Å². The van der Waals surface area contributed by atoms with E-state index in [1.165, 1.54) is 10.9 Å². The van der Waals surface area contributed by atoms with E-state index in [4.69, 9.17) is 10.5 Å². The van der Waals surface area contributed by atoms with Gasteiger partial charge in [-0.2, -0.15) is 0 Å². The van der Waals surface area contributed by atoms with Crippen LogP contribution in [-0.2, 0) is 6.54 Å². The second kappa shape index (κ2) is 5.69. The molecule has 2 heteroatoms. The number of benzene rings is 2. The predicted molar refractivity (Wildman–Crippen MR) is 72.2 cm³/mol. The van der Waals surface area contributed by atoms with Crippen LogP contribution in [0.3, 0.4) is 0 Å². The highest BCUT2D eigenvalue weighted by Gasteiger charge is 2.05. The van der Waals surface area contributed by atoms with Gasteiger partial charge in [0.25, 0.3) is 0 Å². The van der Waals surface area contributed by atoms with Crippen LogP contribution in [0, 0.1) is 0 Å². The molecule has 2 nitrogen and oxygen atoms in total. The second-order valence-corrected chi connectivity index (χ2v) is 4.17. The average Bonchev–Trinajstić information content (AvgIpc) is 2.39. The first kappa shape index (κ1) is 11.9. The maximum atomic E-state index is 5.82. The number of hydrogen-bond donors (Lipinski definition) is 1. The van der Waals surface area contributed by atoms with E-state index in [1.54, 1.807) is 0 Å². The van der Waals surface area contributed by atoms with E-state index in [9.17, 15) is 0 Å². The minimum absolute atomic E-state index is 0.565. The summed E-state index contributed by atoms with van der Waals surface area (Å²) < 4.78 is 5.82. The molecule has 0 aliphatic rings. The lowest BCUT2D eigenvalue weighted by Crippen LogP contribution is -2.00. The summed E-state index contributed by atoms with van der Waals surface area (Å²) in [5, 5.41) is 2.36. The molecule has 0 fully saturated rings. The van der Waals surface area contributed by atoms with E-state index in [0.717, 1.165) is 30.6 Å². The molecule has 2 rings (SSSR count). The molecule has 0 bridgehead atoms. The zero-order valence-corrected chi connectivity index (χ0v) is 10.3. The highest BCUT2D eigenvalue weighted by atomic mass is 16.5. The van der Waals surface area contributed by atoms with Crippen LogP contribution in [0.5, 0.6) is 5.75 Å². The molecule has 0 aliphatic carbocycles. The second-order valence-electron chi connectivity index (χ2n) is 4.17. The Hall–Kier alpha value is -1.54. The summed E-state index contributed by atoms with van der Waals surface area (Å²) in [5.74, 6) is 0.964. The molecule has 0 aliphatic heterocycles. The third-order valence-corrected chi connectivity index (χ3v) is 2.95. The smallest absolute Gasteiger partial charge is 0.127 e. The molecule has 90 valence electrons. The summed E-state index contributed by atoms with van der Waals surface area (Å²) in [7, 11) is 0. The van der Waals surface area contributed by atoms with Crippen LogP contribution >= 0.6 is 0 Å². The van der Waals surface area contributed by atoms with Crippen molar-refractivity contribution in [2.24, 2.45) is 5.73 Å². The van der Waals surface area contributed by atoms with Crippen LogP contribution in [0.2, 0.25) is 0 Å². The average molecular weight is 229 g/mol. The summed E-state index contributed by atoms with van der Waals surface area (Å²) >= 11 is 0. The molecular weight excluding hydrogens is 210 g/mol. The molecule has 0 saturated carbocycles. The van der Waals surface area contributed by atoms with E-state index in [2.05, 4.69) is 25.1 Å². The van der Waals surface area contributed by atoms with Crippen molar-refractivity contribution in [2.75, 3.05) is 6.61 Å². The normalized spacial score (nSPS) is 10.7. The Morgan fingerprint density at radius 1 is 1.06 bits per heavy atom. The molecule has 2 aromatic rings. The number of nitrogens with two attached hydrogens (primary N) is 1. The fourth-order valence-electron chi connectivity index (χ4n) is 1.96. The molecule has 0 heterocycles. The number of ether oxygens (including phenoxy) is 1. The molecule has 2 N–H and O–H groups in total. The third-order valence-electron chi connectivity index (χ3n) is 2.95. The van der Waals surface area contributed by atoms with Crippen molar-refractivity contribution in [3.8, 4) is 5.75 Å². The van der Waals surface area contributed by atoms with Gasteiger partial charge in [-0.25, -0.2) is 0 Å². The van der Waals surface area contributed by atoms with E-state index >= 15 is 0 Å². The minimum atomic E-state index is 0.565. The number of unbranched alkanes of at least 4 members (excludes halogenated alkanes) is 1. The fourth-order valence-corrected chi connectivity index (χ4v) is 1.96. The zero-order chi connectivity index (χ0) is 12.1. The first-order valence-electron chi connectivity index (χ1n) is 6.20. The van der Waals surface area contributed by atoms with Gasteiger partial charge in [-0.3, -0.25) is 0 Å². The third kappa shape index (κ3) is 2.59. The molecule has 17 heavy (non-hydrogen) atoms. The first-order chi connectivity index (χ1) is 8.36. The Morgan fingerprint density at radius 2 is 1.82 bits per heavy atom.